The van der Waals surface area contributed by atoms with Gasteiger partial charge in [-0.2, -0.15) is 9.65 Å². The van der Waals surface area contributed by atoms with E-state index in [9.17, 15) is 13.2 Å². The van der Waals surface area contributed by atoms with Crippen LogP contribution in [0.2, 0.25) is 0 Å². The minimum absolute atomic E-state index is 0.103. The lowest BCUT2D eigenvalue weighted by Crippen LogP contribution is -1.98. The first-order chi connectivity index (χ1) is 6.06. The van der Waals surface area contributed by atoms with Crippen LogP contribution in [0.3, 0.4) is 0 Å². The first-order valence-electron chi connectivity index (χ1n) is 3.10. The number of nitriles is 1. The van der Waals surface area contributed by atoms with Gasteiger partial charge >= 0.3 is 0 Å². The third-order valence-corrected chi connectivity index (χ3v) is 1.85. The van der Waals surface area contributed by atoms with Crippen LogP contribution in [0.25, 0.3) is 0 Å². The lowest BCUT2D eigenvalue weighted by atomic mass is 10.2. The first kappa shape index (κ1) is 9.99. The van der Waals surface area contributed by atoms with Gasteiger partial charge in [-0.15, -0.1) is 0 Å². The van der Waals surface area contributed by atoms with Crippen LogP contribution in [0.4, 0.5) is 13.2 Å². The van der Waals surface area contributed by atoms with E-state index < -0.39 is 18.1 Å². The van der Waals surface area contributed by atoms with Gasteiger partial charge in [0.05, 0.1) is 10.0 Å². The summed E-state index contributed by atoms with van der Waals surface area (Å²) in [5.41, 5.74) is -1.16. The van der Waals surface area contributed by atoms with Crippen molar-refractivity contribution in [2.75, 3.05) is 0 Å². The molecule has 0 N–H and O–H groups in total. The summed E-state index contributed by atoms with van der Waals surface area (Å²) in [5, 5.41) is 8.42. The van der Waals surface area contributed by atoms with Gasteiger partial charge in [0.15, 0.2) is 0 Å². The van der Waals surface area contributed by atoms with E-state index in [1.807, 2.05) is 0 Å². The Morgan fingerprint density at radius 2 is 2.15 bits per heavy atom. The molecular formula is C7H2BrF3N2. The molecule has 1 aromatic rings. The molecule has 0 unspecified atom stereocenters. The zero-order valence-electron chi connectivity index (χ0n) is 6.06. The normalized spacial score (nSPS) is 10.2. The van der Waals surface area contributed by atoms with Gasteiger partial charge in [0, 0.05) is 0 Å². The summed E-state index contributed by atoms with van der Waals surface area (Å²) in [6.45, 7) is 0. The monoisotopic (exact) mass is 250 g/mol. The van der Waals surface area contributed by atoms with Gasteiger partial charge in [-0.05, 0) is 22.0 Å². The molecule has 2 nitrogen and oxygen atoms in total. The van der Waals surface area contributed by atoms with Crippen LogP contribution in [0.1, 0.15) is 17.7 Å². The molecule has 0 bridgehead atoms. The van der Waals surface area contributed by atoms with E-state index >= 15 is 0 Å². The molecule has 0 fully saturated rings. The number of nitrogens with zero attached hydrogens (tertiary/aromatic N) is 2. The molecule has 1 rings (SSSR count). The van der Waals surface area contributed by atoms with E-state index in [-0.39, 0.29) is 10.0 Å². The van der Waals surface area contributed by atoms with E-state index in [1.54, 1.807) is 0 Å². The minimum atomic E-state index is -2.95. The molecule has 1 heterocycles. The average molecular weight is 251 g/mol. The SMILES string of the molecule is N#Cc1cc(Br)c(F)nc1C(F)F. The molecule has 13 heavy (non-hydrogen) atoms. The van der Waals surface area contributed by atoms with Crippen molar-refractivity contribution in [3.63, 3.8) is 0 Å². The Hall–Kier alpha value is -1.09. The van der Waals surface area contributed by atoms with Gasteiger partial charge in [-0.3, -0.25) is 0 Å². The van der Waals surface area contributed by atoms with Crippen LogP contribution in [-0.2, 0) is 0 Å². The Balaban J connectivity index is 3.35. The van der Waals surface area contributed by atoms with Crippen LogP contribution in [0.15, 0.2) is 10.5 Å². The Labute approximate surface area is 80.1 Å². The molecule has 0 spiro atoms. The van der Waals surface area contributed by atoms with Crippen molar-refractivity contribution in [3.8, 4) is 6.07 Å². The second kappa shape index (κ2) is 3.75. The van der Waals surface area contributed by atoms with Crippen LogP contribution in [0, 0.1) is 17.3 Å². The molecule has 0 saturated heterocycles. The quantitative estimate of drug-likeness (QED) is 0.719. The van der Waals surface area contributed by atoms with Crippen molar-refractivity contribution in [2.45, 2.75) is 6.43 Å². The first-order valence-corrected chi connectivity index (χ1v) is 3.89. The van der Waals surface area contributed by atoms with Gasteiger partial charge in [0.1, 0.15) is 11.8 Å². The molecule has 0 aliphatic rings. The lowest BCUT2D eigenvalue weighted by Gasteiger charge is -2.02. The fourth-order valence-corrected chi connectivity index (χ4v) is 1.05. The maximum absolute atomic E-state index is 12.7. The summed E-state index contributed by atoms with van der Waals surface area (Å²) in [6.07, 6.45) is -2.95. The predicted molar refractivity (Wildman–Crippen MR) is 41.6 cm³/mol. The van der Waals surface area contributed by atoms with Crippen molar-refractivity contribution in [1.82, 2.24) is 4.98 Å². The van der Waals surface area contributed by atoms with Crippen LogP contribution in [-0.4, -0.2) is 4.98 Å². The van der Waals surface area contributed by atoms with Crippen molar-refractivity contribution in [2.24, 2.45) is 0 Å². The molecule has 6 heteroatoms. The summed E-state index contributed by atoms with van der Waals surface area (Å²) in [7, 11) is 0. The number of pyridine rings is 1. The van der Waals surface area contributed by atoms with Gasteiger partial charge < -0.3 is 0 Å². The predicted octanol–water partition coefficient (Wildman–Crippen LogP) is 2.79. The topological polar surface area (TPSA) is 36.7 Å². The number of halogens is 4. The number of aromatic nitrogens is 1. The second-order valence-electron chi connectivity index (χ2n) is 2.11. The highest BCUT2D eigenvalue weighted by Crippen LogP contribution is 2.24. The molecule has 0 amide bonds. The molecule has 1 aromatic heterocycles. The molecule has 0 saturated carbocycles. The van der Waals surface area contributed by atoms with E-state index in [0.29, 0.717) is 0 Å². The van der Waals surface area contributed by atoms with Crippen LogP contribution < -0.4 is 0 Å². The smallest absolute Gasteiger partial charge is 0.216 e. The van der Waals surface area contributed by atoms with Gasteiger partial charge in [-0.1, -0.05) is 0 Å². The van der Waals surface area contributed by atoms with E-state index in [4.69, 9.17) is 5.26 Å². The van der Waals surface area contributed by atoms with Gasteiger partial charge in [-0.25, -0.2) is 13.8 Å². The molecule has 0 radical (unpaired) electrons. The average Bonchev–Trinajstić information content (AvgIpc) is 2.08. The molecule has 0 aromatic carbocycles. The molecule has 68 valence electrons. The number of alkyl halides is 2. The van der Waals surface area contributed by atoms with Crippen molar-refractivity contribution < 1.29 is 13.2 Å². The van der Waals surface area contributed by atoms with E-state index in [2.05, 4.69) is 20.9 Å². The van der Waals surface area contributed by atoms with Crippen LogP contribution in [0.5, 0.6) is 0 Å². The Bertz CT molecular complexity index is 373. The molecular weight excluding hydrogens is 249 g/mol. The van der Waals surface area contributed by atoms with E-state index in [1.165, 1.54) is 6.07 Å². The van der Waals surface area contributed by atoms with Crippen molar-refractivity contribution in [1.29, 1.82) is 5.26 Å². The Morgan fingerprint density at radius 1 is 1.54 bits per heavy atom. The van der Waals surface area contributed by atoms with Crippen LogP contribution >= 0.6 is 15.9 Å². The summed E-state index contributed by atoms with van der Waals surface area (Å²) in [5.74, 6) is -1.05. The maximum atomic E-state index is 12.7. The molecule has 0 aliphatic heterocycles. The number of hydrogen-bond acceptors (Lipinski definition) is 2. The third-order valence-electron chi connectivity index (χ3n) is 1.29. The highest BCUT2D eigenvalue weighted by atomic mass is 79.9. The van der Waals surface area contributed by atoms with E-state index in [0.717, 1.165) is 6.07 Å². The largest absolute Gasteiger partial charge is 0.281 e. The van der Waals surface area contributed by atoms with Crippen molar-refractivity contribution in [3.05, 3.63) is 27.7 Å². The van der Waals surface area contributed by atoms with Gasteiger partial charge in [0.25, 0.3) is 6.43 Å². The highest BCUT2D eigenvalue weighted by Gasteiger charge is 2.17. The highest BCUT2D eigenvalue weighted by molar-refractivity contribution is 9.10. The van der Waals surface area contributed by atoms with Crippen molar-refractivity contribution >= 4 is 15.9 Å². The molecule has 0 atom stereocenters. The summed E-state index contributed by atoms with van der Waals surface area (Å²) < 4.78 is 36.8. The Morgan fingerprint density at radius 3 is 2.62 bits per heavy atom. The molecule has 0 aliphatic carbocycles. The van der Waals surface area contributed by atoms with Gasteiger partial charge in [0.2, 0.25) is 5.95 Å². The zero-order chi connectivity index (χ0) is 10.0. The fourth-order valence-electron chi connectivity index (χ4n) is 0.735. The standard InChI is InChI=1S/C7H2BrF3N2/c8-4-1-3(2-12)5(6(9)10)13-7(4)11/h1,6H. The number of hydrogen-bond donors (Lipinski definition) is 0. The summed E-state index contributed by atoms with van der Waals surface area (Å²) >= 11 is 2.74. The Kier molecular flexibility index (Phi) is 2.88. The summed E-state index contributed by atoms with van der Waals surface area (Å²) in [6, 6.07) is 2.48. The fraction of sp³-hybridized carbons (Fsp3) is 0.143. The minimum Gasteiger partial charge on any atom is -0.216 e. The third kappa shape index (κ3) is 1.98. The number of rotatable bonds is 1. The summed E-state index contributed by atoms with van der Waals surface area (Å²) in [4.78, 5) is 2.96. The zero-order valence-corrected chi connectivity index (χ0v) is 7.65. The maximum Gasteiger partial charge on any atom is 0.281 e. The second-order valence-corrected chi connectivity index (χ2v) is 2.96. The lowest BCUT2D eigenvalue weighted by molar-refractivity contribution is 0.144.